The average Bonchev–Trinajstić information content (AvgIpc) is 2.92. The Morgan fingerprint density at radius 3 is 2.65 bits per heavy atom. The van der Waals surface area contributed by atoms with Crippen molar-refractivity contribution in [3.05, 3.63) is 11.8 Å². The van der Waals surface area contributed by atoms with Crippen molar-refractivity contribution in [3.8, 4) is 0 Å². The van der Waals surface area contributed by atoms with Gasteiger partial charge in [0, 0.05) is 44.4 Å². The molecule has 26 heavy (non-hydrogen) atoms. The highest BCUT2D eigenvalue weighted by Gasteiger charge is 2.32. The molecule has 1 aromatic rings. The van der Waals surface area contributed by atoms with Crippen LogP contribution in [0.2, 0.25) is 0 Å². The minimum atomic E-state index is 0.0991. The summed E-state index contributed by atoms with van der Waals surface area (Å²) >= 11 is 0. The van der Waals surface area contributed by atoms with E-state index in [1.807, 2.05) is 11.0 Å². The fraction of sp³-hybridized carbons (Fsp3) is 0.737. The van der Waals surface area contributed by atoms with Gasteiger partial charge in [-0.05, 0) is 11.8 Å². The number of hydrogen-bond acceptors (Lipinski definition) is 6. The number of carbonyl (C=O) groups is 1. The molecule has 2 aliphatic heterocycles. The molecule has 1 N–H and O–H groups in total. The summed E-state index contributed by atoms with van der Waals surface area (Å²) in [7, 11) is 0. The predicted molar refractivity (Wildman–Crippen MR) is 103 cm³/mol. The Kier molecular flexibility index (Phi) is 5.65. The molecule has 1 amide bonds. The van der Waals surface area contributed by atoms with E-state index in [0.717, 1.165) is 50.1 Å². The highest BCUT2D eigenvalue weighted by atomic mass is 16.5. The van der Waals surface area contributed by atoms with Crippen LogP contribution in [0.4, 0.5) is 11.8 Å². The van der Waals surface area contributed by atoms with Crippen molar-refractivity contribution in [1.29, 1.82) is 0 Å². The molecular weight excluding hydrogens is 330 g/mol. The molecule has 0 unspecified atom stereocenters. The molecule has 0 bridgehead atoms. The summed E-state index contributed by atoms with van der Waals surface area (Å²) < 4.78 is 5.42. The summed E-state index contributed by atoms with van der Waals surface area (Å²) in [5, 5.41) is 3.47. The smallest absolute Gasteiger partial charge is 0.227 e. The van der Waals surface area contributed by atoms with E-state index in [9.17, 15) is 4.79 Å². The first-order chi connectivity index (χ1) is 12.3. The second kappa shape index (κ2) is 7.78. The van der Waals surface area contributed by atoms with Crippen LogP contribution in [0.3, 0.4) is 0 Å². The summed E-state index contributed by atoms with van der Waals surface area (Å²) in [6.07, 6.45) is 1.38. The molecule has 2 aliphatic rings. The average molecular weight is 361 g/mol. The predicted octanol–water partition coefficient (Wildman–Crippen LogP) is 1.93. The Bertz CT molecular complexity index is 637. The number of ether oxygens (including phenoxy) is 1. The van der Waals surface area contributed by atoms with E-state index in [2.05, 4.69) is 42.9 Å². The van der Waals surface area contributed by atoms with E-state index >= 15 is 0 Å². The lowest BCUT2D eigenvalue weighted by Crippen LogP contribution is -2.37. The van der Waals surface area contributed by atoms with Crippen LogP contribution in [-0.2, 0) is 16.0 Å². The molecule has 2 fully saturated rings. The maximum atomic E-state index is 12.3. The lowest BCUT2D eigenvalue weighted by molar-refractivity contribution is -0.128. The van der Waals surface area contributed by atoms with Crippen LogP contribution in [0, 0.1) is 5.41 Å². The van der Waals surface area contributed by atoms with Crippen molar-refractivity contribution in [2.45, 2.75) is 46.6 Å². The quantitative estimate of drug-likeness (QED) is 0.864. The van der Waals surface area contributed by atoms with Gasteiger partial charge in [-0.1, -0.05) is 27.7 Å². The van der Waals surface area contributed by atoms with E-state index in [-0.39, 0.29) is 17.4 Å². The lowest BCUT2D eigenvalue weighted by Gasteiger charge is -2.28. The normalized spacial score (nSPS) is 21.4. The zero-order valence-corrected chi connectivity index (χ0v) is 16.4. The fourth-order valence-corrected chi connectivity index (χ4v) is 3.45. The summed E-state index contributed by atoms with van der Waals surface area (Å²) in [4.78, 5) is 25.8. The molecule has 0 aliphatic carbocycles. The van der Waals surface area contributed by atoms with Crippen LogP contribution < -0.4 is 10.2 Å². The molecule has 3 rings (SSSR count). The SMILES string of the molecule is CCc1cc(N[C@@H]2CC(=O)N(CC(C)(C)C)C2)nc(N2CCOCC2)n1. The maximum Gasteiger partial charge on any atom is 0.227 e. The van der Waals surface area contributed by atoms with E-state index in [1.165, 1.54) is 0 Å². The third-order valence-corrected chi connectivity index (χ3v) is 4.66. The third-order valence-electron chi connectivity index (χ3n) is 4.66. The molecule has 0 radical (unpaired) electrons. The molecule has 7 heteroatoms. The van der Waals surface area contributed by atoms with Crippen molar-refractivity contribution >= 4 is 17.7 Å². The molecule has 7 nitrogen and oxygen atoms in total. The van der Waals surface area contributed by atoms with Crippen LogP contribution in [0.25, 0.3) is 0 Å². The van der Waals surface area contributed by atoms with E-state index in [1.54, 1.807) is 0 Å². The monoisotopic (exact) mass is 361 g/mol. The van der Waals surface area contributed by atoms with Crippen LogP contribution >= 0.6 is 0 Å². The molecule has 2 saturated heterocycles. The summed E-state index contributed by atoms with van der Waals surface area (Å²) in [6.45, 7) is 13.1. The van der Waals surface area contributed by atoms with Crippen LogP contribution in [0.1, 0.15) is 39.8 Å². The van der Waals surface area contributed by atoms with Gasteiger partial charge in [-0.3, -0.25) is 4.79 Å². The number of aryl methyl sites for hydroxylation is 1. The Labute approximate surface area is 156 Å². The Morgan fingerprint density at radius 1 is 1.27 bits per heavy atom. The van der Waals surface area contributed by atoms with E-state index in [4.69, 9.17) is 9.72 Å². The molecular formula is C19H31N5O2. The van der Waals surface area contributed by atoms with E-state index < -0.39 is 0 Å². The number of aromatic nitrogens is 2. The molecule has 0 spiro atoms. The van der Waals surface area contributed by atoms with Crippen LogP contribution in [-0.4, -0.2) is 66.2 Å². The maximum absolute atomic E-state index is 12.3. The van der Waals surface area contributed by atoms with Gasteiger partial charge in [-0.15, -0.1) is 0 Å². The molecule has 0 saturated carbocycles. The first-order valence-electron chi connectivity index (χ1n) is 9.59. The second-order valence-electron chi connectivity index (χ2n) is 8.38. The van der Waals surface area contributed by atoms with Crippen molar-refractivity contribution in [3.63, 3.8) is 0 Å². The number of amides is 1. The largest absolute Gasteiger partial charge is 0.378 e. The minimum Gasteiger partial charge on any atom is -0.378 e. The van der Waals surface area contributed by atoms with E-state index in [0.29, 0.717) is 19.6 Å². The van der Waals surface area contributed by atoms with Gasteiger partial charge >= 0.3 is 0 Å². The molecule has 0 aromatic carbocycles. The number of likely N-dealkylation sites (tertiary alicyclic amines) is 1. The van der Waals surface area contributed by atoms with Gasteiger partial charge in [0.25, 0.3) is 0 Å². The van der Waals surface area contributed by atoms with Gasteiger partial charge in [-0.25, -0.2) is 4.98 Å². The Morgan fingerprint density at radius 2 is 2.00 bits per heavy atom. The third kappa shape index (κ3) is 4.84. The van der Waals surface area contributed by atoms with Gasteiger partial charge in [0.2, 0.25) is 11.9 Å². The number of nitrogens with zero attached hydrogens (tertiary/aromatic N) is 4. The number of morpholine rings is 1. The number of rotatable bonds is 5. The Hall–Kier alpha value is -1.89. The van der Waals surface area contributed by atoms with Crippen molar-refractivity contribution in [2.24, 2.45) is 5.41 Å². The molecule has 3 heterocycles. The molecule has 1 atom stereocenters. The number of anilines is 2. The first-order valence-corrected chi connectivity index (χ1v) is 9.59. The standard InChI is InChI=1S/C19H31N5O2/c1-5-14-10-16(22-18(21-14)23-6-8-26-9-7-23)20-15-11-17(25)24(12-15)13-19(2,3)4/h10,15H,5-9,11-13H2,1-4H3,(H,20,21,22)/t15-/m1/s1. The van der Waals surface area contributed by atoms with Gasteiger partial charge in [0.15, 0.2) is 0 Å². The summed E-state index contributed by atoms with van der Waals surface area (Å²) in [6, 6.07) is 2.10. The van der Waals surface area contributed by atoms with Crippen molar-refractivity contribution in [2.75, 3.05) is 49.6 Å². The zero-order chi connectivity index (χ0) is 18.7. The number of nitrogens with one attached hydrogen (secondary N) is 1. The first kappa shape index (κ1) is 18.9. The topological polar surface area (TPSA) is 70.6 Å². The van der Waals surface area contributed by atoms with Gasteiger partial charge in [-0.2, -0.15) is 4.98 Å². The molecule has 1 aromatic heterocycles. The lowest BCUT2D eigenvalue weighted by atomic mass is 9.96. The van der Waals surface area contributed by atoms with Crippen LogP contribution in [0.5, 0.6) is 0 Å². The second-order valence-corrected chi connectivity index (χ2v) is 8.38. The van der Waals surface area contributed by atoms with Crippen molar-refractivity contribution in [1.82, 2.24) is 14.9 Å². The van der Waals surface area contributed by atoms with Gasteiger partial charge < -0.3 is 19.9 Å². The van der Waals surface area contributed by atoms with Crippen LogP contribution in [0.15, 0.2) is 6.07 Å². The van der Waals surface area contributed by atoms with Gasteiger partial charge in [0.05, 0.1) is 19.3 Å². The fourth-order valence-electron chi connectivity index (χ4n) is 3.45. The number of hydrogen-bond donors (Lipinski definition) is 1. The number of carbonyl (C=O) groups excluding carboxylic acids is 1. The Balaban J connectivity index is 1.70. The minimum absolute atomic E-state index is 0.0991. The van der Waals surface area contributed by atoms with Gasteiger partial charge in [0.1, 0.15) is 5.82 Å². The molecule has 144 valence electrons. The highest BCUT2D eigenvalue weighted by molar-refractivity contribution is 5.80. The van der Waals surface area contributed by atoms with Crippen molar-refractivity contribution < 1.29 is 9.53 Å². The summed E-state index contributed by atoms with van der Waals surface area (Å²) in [5.74, 6) is 1.79. The summed E-state index contributed by atoms with van der Waals surface area (Å²) in [5.41, 5.74) is 1.12. The highest BCUT2D eigenvalue weighted by Crippen LogP contribution is 2.23. The zero-order valence-electron chi connectivity index (χ0n) is 16.4.